The van der Waals surface area contributed by atoms with Crippen molar-refractivity contribution in [1.29, 1.82) is 0 Å². The molecular formula is C3H5F2O2. The van der Waals surface area contributed by atoms with Crippen LogP contribution in [-0.2, 0) is 5.11 Å². The van der Waals surface area contributed by atoms with Crippen LogP contribution in [0.1, 0.15) is 6.92 Å². The Morgan fingerprint density at radius 3 is 1.86 bits per heavy atom. The van der Waals surface area contributed by atoms with Gasteiger partial charge in [-0.25, -0.2) is 0 Å². The maximum Gasteiger partial charge on any atom is 0.406 e. The highest BCUT2D eigenvalue weighted by molar-refractivity contribution is 4.54. The summed E-state index contributed by atoms with van der Waals surface area (Å²) >= 11 is 0. The maximum absolute atomic E-state index is 11.0. The molecule has 0 aromatic heterocycles. The van der Waals surface area contributed by atoms with E-state index in [0.717, 1.165) is 6.92 Å². The molecule has 1 atom stereocenters. The molecule has 1 radical (unpaired) electrons. The van der Waals surface area contributed by atoms with Gasteiger partial charge in [0.05, 0.1) is 0 Å². The van der Waals surface area contributed by atoms with Crippen LogP contribution >= 0.6 is 0 Å². The van der Waals surface area contributed by atoms with E-state index < -0.39 is 12.2 Å². The van der Waals surface area contributed by atoms with E-state index in [1.165, 1.54) is 0 Å². The number of hydrogen-bond acceptors (Lipinski definition) is 1. The molecule has 0 saturated carbocycles. The second-order valence-corrected chi connectivity index (χ2v) is 1.24. The highest BCUT2D eigenvalue weighted by atomic mass is 19.3. The Bertz CT molecular complexity index is 56.4. The molecule has 0 aliphatic carbocycles. The number of aliphatic hydroxyl groups excluding tert-OH is 1. The first-order chi connectivity index (χ1) is 2.94. The van der Waals surface area contributed by atoms with E-state index >= 15 is 0 Å². The van der Waals surface area contributed by atoms with Crippen LogP contribution < -0.4 is 0 Å². The molecule has 1 N–H and O–H groups in total. The minimum atomic E-state index is -4.19. The fourth-order valence-electron chi connectivity index (χ4n) is 0. The standard InChI is InChI=1S/C3H5F2O2/c1-2(6)3(4,5)7/h2,6H,1H3. The molecule has 4 heteroatoms. The lowest BCUT2D eigenvalue weighted by molar-refractivity contribution is -0.289. The number of rotatable bonds is 1. The van der Waals surface area contributed by atoms with Gasteiger partial charge in [-0.1, -0.05) is 0 Å². The second-order valence-electron chi connectivity index (χ2n) is 1.24. The predicted octanol–water partition coefficient (Wildman–Crippen LogP) is 0.391. The lowest BCUT2D eigenvalue weighted by Crippen LogP contribution is -2.28. The predicted molar refractivity (Wildman–Crippen MR) is 17.3 cm³/mol. The normalized spacial score (nSPS) is 16.7. The number of hydrogen-bond donors (Lipinski definition) is 1. The third-order valence-corrected chi connectivity index (χ3v) is 0.486. The quantitative estimate of drug-likeness (QED) is 0.522. The lowest BCUT2D eigenvalue weighted by atomic mass is 10.4. The van der Waals surface area contributed by atoms with E-state index in [1.807, 2.05) is 0 Å². The molecule has 0 aliphatic heterocycles. The van der Waals surface area contributed by atoms with Crippen molar-refractivity contribution in [2.45, 2.75) is 19.1 Å². The maximum atomic E-state index is 11.0. The Hall–Kier alpha value is -0.220. The van der Waals surface area contributed by atoms with E-state index in [9.17, 15) is 13.9 Å². The molecule has 0 rings (SSSR count). The Kier molecular flexibility index (Phi) is 1.66. The first kappa shape index (κ1) is 6.78. The van der Waals surface area contributed by atoms with Gasteiger partial charge in [-0.15, -0.1) is 0 Å². The summed E-state index contributed by atoms with van der Waals surface area (Å²) in [4.78, 5) is 0. The zero-order valence-corrected chi connectivity index (χ0v) is 3.69. The summed E-state index contributed by atoms with van der Waals surface area (Å²) in [5, 5.41) is 17.0. The average Bonchev–Trinajstić information content (AvgIpc) is 1.31. The molecule has 0 aromatic rings. The SMILES string of the molecule is CC(O)C([O])(F)F. The summed E-state index contributed by atoms with van der Waals surface area (Å²) in [7, 11) is 0. The topological polar surface area (TPSA) is 40.1 Å². The van der Waals surface area contributed by atoms with Crippen LogP contribution in [0.25, 0.3) is 0 Å². The van der Waals surface area contributed by atoms with Gasteiger partial charge in [-0.05, 0) is 6.92 Å². The van der Waals surface area contributed by atoms with Crippen molar-refractivity contribution in [1.82, 2.24) is 0 Å². The third kappa shape index (κ3) is 2.47. The molecule has 43 valence electrons. The molecule has 0 amide bonds. The monoisotopic (exact) mass is 111 g/mol. The average molecular weight is 111 g/mol. The minimum absolute atomic E-state index is 0.743. The summed E-state index contributed by atoms with van der Waals surface area (Å²) in [5.74, 6) is 0. The molecule has 0 saturated heterocycles. The largest absolute Gasteiger partial charge is 0.406 e. The van der Waals surface area contributed by atoms with Crippen LogP contribution in [0.5, 0.6) is 0 Å². The van der Waals surface area contributed by atoms with Crippen LogP contribution in [0.3, 0.4) is 0 Å². The smallest absolute Gasteiger partial charge is 0.384 e. The van der Waals surface area contributed by atoms with E-state index in [4.69, 9.17) is 5.11 Å². The third-order valence-electron chi connectivity index (χ3n) is 0.486. The Balaban J connectivity index is 3.54. The van der Waals surface area contributed by atoms with Crippen molar-refractivity contribution in [2.24, 2.45) is 0 Å². The summed E-state index contributed by atoms with van der Waals surface area (Å²) in [6.45, 7) is 0.743. The van der Waals surface area contributed by atoms with Crippen molar-refractivity contribution in [2.75, 3.05) is 0 Å². The zero-order valence-electron chi connectivity index (χ0n) is 3.69. The Morgan fingerprint density at radius 2 is 1.86 bits per heavy atom. The summed E-state index contributed by atoms with van der Waals surface area (Å²) in [5.41, 5.74) is 0. The molecule has 0 aliphatic rings. The van der Waals surface area contributed by atoms with Crippen LogP contribution in [0.2, 0.25) is 0 Å². The van der Waals surface area contributed by atoms with Gasteiger partial charge in [0.2, 0.25) is 0 Å². The number of aliphatic hydroxyl groups is 1. The van der Waals surface area contributed by atoms with Crippen molar-refractivity contribution in [3.05, 3.63) is 0 Å². The Morgan fingerprint density at radius 1 is 1.71 bits per heavy atom. The number of halogens is 2. The van der Waals surface area contributed by atoms with E-state index in [2.05, 4.69) is 0 Å². The van der Waals surface area contributed by atoms with Gasteiger partial charge in [0, 0.05) is 0 Å². The van der Waals surface area contributed by atoms with Gasteiger partial charge >= 0.3 is 6.11 Å². The minimum Gasteiger partial charge on any atom is -0.384 e. The molecule has 0 spiro atoms. The van der Waals surface area contributed by atoms with Gasteiger partial charge in [0.1, 0.15) is 6.10 Å². The Labute approximate surface area is 39.4 Å². The molecule has 0 aromatic carbocycles. The van der Waals surface area contributed by atoms with Crippen molar-refractivity contribution < 1.29 is 19.0 Å². The summed E-state index contributed by atoms with van der Waals surface area (Å²) in [6.07, 6.45) is -6.28. The van der Waals surface area contributed by atoms with Crippen LogP contribution in [-0.4, -0.2) is 17.3 Å². The van der Waals surface area contributed by atoms with Crippen molar-refractivity contribution in [3.8, 4) is 0 Å². The zero-order chi connectivity index (χ0) is 6.08. The molecule has 0 heterocycles. The first-order valence-electron chi connectivity index (χ1n) is 1.71. The van der Waals surface area contributed by atoms with Gasteiger partial charge in [0.25, 0.3) is 0 Å². The highest BCUT2D eigenvalue weighted by Crippen LogP contribution is 2.13. The van der Waals surface area contributed by atoms with Crippen molar-refractivity contribution >= 4 is 0 Å². The molecule has 7 heavy (non-hydrogen) atoms. The van der Waals surface area contributed by atoms with Gasteiger partial charge in [0.15, 0.2) is 0 Å². The van der Waals surface area contributed by atoms with Crippen LogP contribution in [0.4, 0.5) is 8.78 Å². The van der Waals surface area contributed by atoms with Crippen molar-refractivity contribution in [3.63, 3.8) is 0 Å². The van der Waals surface area contributed by atoms with E-state index in [-0.39, 0.29) is 0 Å². The molecule has 1 unspecified atom stereocenters. The van der Waals surface area contributed by atoms with Crippen LogP contribution in [0, 0.1) is 0 Å². The summed E-state index contributed by atoms with van der Waals surface area (Å²) in [6, 6.07) is 0. The van der Waals surface area contributed by atoms with Gasteiger partial charge < -0.3 is 5.11 Å². The lowest BCUT2D eigenvalue weighted by Gasteiger charge is -2.06. The fourth-order valence-corrected chi connectivity index (χ4v) is 0. The number of alkyl halides is 2. The molecule has 0 bridgehead atoms. The van der Waals surface area contributed by atoms with E-state index in [1.54, 1.807) is 0 Å². The van der Waals surface area contributed by atoms with E-state index in [0.29, 0.717) is 0 Å². The fraction of sp³-hybridized carbons (Fsp3) is 1.00. The second kappa shape index (κ2) is 1.71. The summed E-state index contributed by atoms with van der Waals surface area (Å²) < 4.78 is 22.1. The van der Waals surface area contributed by atoms with Gasteiger partial charge in [-0.2, -0.15) is 13.9 Å². The molecule has 2 nitrogen and oxygen atoms in total. The van der Waals surface area contributed by atoms with Gasteiger partial charge in [-0.3, -0.25) is 0 Å². The molecular weight excluding hydrogens is 106 g/mol. The van der Waals surface area contributed by atoms with Crippen LogP contribution in [0.15, 0.2) is 0 Å². The highest BCUT2D eigenvalue weighted by Gasteiger charge is 2.33. The molecule has 0 fully saturated rings. The first-order valence-corrected chi connectivity index (χ1v) is 1.71.